The summed E-state index contributed by atoms with van der Waals surface area (Å²) in [5, 5.41) is 0. The highest BCUT2D eigenvalue weighted by Crippen LogP contribution is 2.27. The van der Waals surface area contributed by atoms with Crippen LogP contribution < -0.4 is 4.90 Å². The van der Waals surface area contributed by atoms with Gasteiger partial charge in [0.05, 0.1) is 12.7 Å². The number of esters is 1. The van der Waals surface area contributed by atoms with Crippen LogP contribution in [0, 0.1) is 0 Å². The summed E-state index contributed by atoms with van der Waals surface area (Å²) in [6.45, 7) is 4.29. The van der Waals surface area contributed by atoms with Gasteiger partial charge in [0.15, 0.2) is 0 Å². The maximum atomic E-state index is 11.4. The second-order valence-corrected chi connectivity index (χ2v) is 4.02. The molecule has 1 heterocycles. The number of aryl methyl sites for hydroxylation is 1. The molecule has 0 amide bonds. The average Bonchev–Trinajstić information content (AvgIpc) is 2.36. The highest BCUT2D eigenvalue weighted by atomic mass is 16.5. The molecule has 0 aliphatic carbocycles. The molecule has 1 aliphatic heterocycles. The lowest BCUT2D eigenvalue weighted by Crippen LogP contribution is -2.29. The van der Waals surface area contributed by atoms with Gasteiger partial charge in [0.1, 0.15) is 0 Å². The molecule has 0 spiro atoms. The van der Waals surface area contributed by atoms with Crippen molar-refractivity contribution in [3.05, 3.63) is 29.3 Å². The van der Waals surface area contributed by atoms with Crippen molar-refractivity contribution in [2.75, 3.05) is 25.1 Å². The van der Waals surface area contributed by atoms with Gasteiger partial charge in [-0.3, -0.25) is 0 Å². The van der Waals surface area contributed by atoms with Crippen LogP contribution in [-0.2, 0) is 11.2 Å². The summed E-state index contributed by atoms with van der Waals surface area (Å²) < 4.78 is 4.73. The van der Waals surface area contributed by atoms with E-state index in [2.05, 4.69) is 11.8 Å². The molecule has 3 heteroatoms. The molecule has 16 heavy (non-hydrogen) atoms. The van der Waals surface area contributed by atoms with Crippen molar-refractivity contribution in [1.29, 1.82) is 0 Å². The lowest BCUT2D eigenvalue weighted by atomic mass is 9.99. The number of ether oxygens (including phenoxy) is 1. The lowest BCUT2D eigenvalue weighted by Gasteiger charge is -2.30. The first-order valence-electron chi connectivity index (χ1n) is 5.72. The molecule has 0 unspecified atom stereocenters. The first-order valence-corrected chi connectivity index (χ1v) is 5.72. The molecule has 2 rings (SSSR count). The Morgan fingerprint density at radius 2 is 2.31 bits per heavy atom. The fourth-order valence-corrected chi connectivity index (χ4v) is 2.25. The maximum Gasteiger partial charge on any atom is 0.337 e. The largest absolute Gasteiger partial charge is 0.465 e. The number of fused-ring (bicyclic) bond motifs is 1. The molecule has 1 aromatic carbocycles. The molecule has 0 bridgehead atoms. The van der Waals surface area contributed by atoms with E-state index in [0.29, 0.717) is 5.56 Å². The molecule has 3 nitrogen and oxygen atoms in total. The third kappa shape index (κ3) is 1.90. The summed E-state index contributed by atoms with van der Waals surface area (Å²) in [4.78, 5) is 13.8. The zero-order chi connectivity index (χ0) is 11.5. The second-order valence-electron chi connectivity index (χ2n) is 4.02. The van der Waals surface area contributed by atoms with Gasteiger partial charge in [0, 0.05) is 18.8 Å². The predicted octanol–water partition coefficient (Wildman–Crippen LogP) is 2.25. The molecular weight excluding hydrogens is 202 g/mol. The van der Waals surface area contributed by atoms with E-state index in [0.717, 1.165) is 25.9 Å². The Bertz CT molecular complexity index is 401. The monoisotopic (exact) mass is 219 g/mol. The second kappa shape index (κ2) is 4.56. The first-order chi connectivity index (χ1) is 7.76. The molecule has 1 aromatic rings. The molecule has 0 radical (unpaired) electrons. The molecule has 0 atom stereocenters. The van der Waals surface area contributed by atoms with Crippen molar-refractivity contribution in [3.8, 4) is 0 Å². The van der Waals surface area contributed by atoms with Crippen LogP contribution in [0.15, 0.2) is 18.2 Å². The van der Waals surface area contributed by atoms with Gasteiger partial charge in [-0.2, -0.15) is 0 Å². The van der Waals surface area contributed by atoms with Crippen LogP contribution in [0.2, 0.25) is 0 Å². The van der Waals surface area contributed by atoms with E-state index in [1.807, 2.05) is 18.2 Å². The van der Waals surface area contributed by atoms with Crippen molar-refractivity contribution in [3.63, 3.8) is 0 Å². The van der Waals surface area contributed by atoms with Gasteiger partial charge in [-0.1, -0.05) is 0 Å². The van der Waals surface area contributed by atoms with E-state index < -0.39 is 0 Å². The Hall–Kier alpha value is -1.51. The van der Waals surface area contributed by atoms with Crippen LogP contribution in [0.3, 0.4) is 0 Å². The topological polar surface area (TPSA) is 29.5 Å². The van der Waals surface area contributed by atoms with Gasteiger partial charge < -0.3 is 9.64 Å². The molecule has 0 saturated heterocycles. The van der Waals surface area contributed by atoms with Crippen LogP contribution in [-0.4, -0.2) is 26.2 Å². The normalized spacial score (nSPS) is 14.5. The Balaban J connectivity index is 2.35. The molecule has 0 aromatic heterocycles. The van der Waals surface area contributed by atoms with Crippen molar-refractivity contribution >= 4 is 11.7 Å². The summed E-state index contributed by atoms with van der Waals surface area (Å²) in [7, 11) is 1.42. The van der Waals surface area contributed by atoms with Gasteiger partial charge >= 0.3 is 5.97 Å². The van der Waals surface area contributed by atoms with E-state index in [1.165, 1.54) is 18.4 Å². The van der Waals surface area contributed by atoms with E-state index >= 15 is 0 Å². The minimum Gasteiger partial charge on any atom is -0.465 e. The third-order valence-electron chi connectivity index (χ3n) is 3.10. The van der Waals surface area contributed by atoms with Gasteiger partial charge in [-0.05, 0) is 43.5 Å². The van der Waals surface area contributed by atoms with E-state index in [9.17, 15) is 4.79 Å². The fourth-order valence-electron chi connectivity index (χ4n) is 2.25. The minimum absolute atomic E-state index is 0.253. The van der Waals surface area contributed by atoms with Crippen LogP contribution in [0.1, 0.15) is 29.3 Å². The van der Waals surface area contributed by atoms with E-state index in [-0.39, 0.29) is 5.97 Å². The summed E-state index contributed by atoms with van der Waals surface area (Å²) in [6, 6.07) is 5.84. The number of hydrogen-bond donors (Lipinski definition) is 0. The highest BCUT2D eigenvalue weighted by molar-refractivity contribution is 5.90. The SMILES string of the molecule is CCN1CCCc2cc(C(=O)OC)ccc21. The van der Waals surface area contributed by atoms with E-state index in [4.69, 9.17) is 4.74 Å². The molecule has 1 aliphatic rings. The van der Waals surface area contributed by atoms with Crippen molar-refractivity contribution in [2.24, 2.45) is 0 Å². The third-order valence-corrected chi connectivity index (χ3v) is 3.10. The zero-order valence-corrected chi connectivity index (χ0v) is 9.82. The summed E-state index contributed by atoms with van der Waals surface area (Å²) >= 11 is 0. The van der Waals surface area contributed by atoms with Gasteiger partial charge in [-0.25, -0.2) is 4.79 Å². The first kappa shape index (κ1) is 11.0. The van der Waals surface area contributed by atoms with Crippen LogP contribution >= 0.6 is 0 Å². The summed E-state index contributed by atoms with van der Waals surface area (Å²) in [5.41, 5.74) is 3.18. The number of methoxy groups -OCH3 is 1. The summed E-state index contributed by atoms with van der Waals surface area (Å²) in [6.07, 6.45) is 2.21. The molecule has 0 N–H and O–H groups in total. The van der Waals surface area contributed by atoms with Gasteiger partial charge in [0.25, 0.3) is 0 Å². The number of benzene rings is 1. The van der Waals surface area contributed by atoms with Crippen LogP contribution in [0.25, 0.3) is 0 Å². The average molecular weight is 219 g/mol. The van der Waals surface area contributed by atoms with Gasteiger partial charge in [0.2, 0.25) is 0 Å². The Labute approximate surface area is 96.0 Å². The Morgan fingerprint density at radius 3 is 3.00 bits per heavy atom. The predicted molar refractivity (Wildman–Crippen MR) is 64.0 cm³/mol. The molecule has 0 saturated carbocycles. The molecule has 0 fully saturated rings. The minimum atomic E-state index is -0.253. The smallest absolute Gasteiger partial charge is 0.337 e. The lowest BCUT2D eigenvalue weighted by molar-refractivity contribution is 0.0600. The van der Waals surface area contributed by atoms with E-state index in [1.54, 1.807) is 0 Å². The number of hydrogen-bond acceptors (Lipinski definition) is 3. The van der Waals surface area contributed by atoms with Crippen molar-refractivity contribution in [1.82, 2.24) is 0 Å². The quantitative estimate of drug-likeness (QED) is 0.714. The Kier molecular flexibility index (Phi) is 3.13. The molecular formula is C13H17NO2. The van der Waals surface area contributed by atoms with Crippen molar-refractivity contribution in [2.45, 2.75) is 19.8 Å². The standard InChI is InChI=1S/C13H17NO2/c1-3-14-8-4-5-10-9-11(13(15)16-2)6-7-12(10)14/h6-7,9H,3-5,8H2,1-2H3. The van der Waals surface area contributed by atoms with Crippen molar-refractivity contribution < 1.29 is 9.53 Å². The number of anilines is 1. The maximum absolute atomic E-state index is 11.4. The zero-order valence-electron chi connectivity index (χ0n) is 9.82. The summed E-state index contributed by atoms with van der Waals surface area (Å²) in [5.74, 6) is -0.253. The number of carbonyl (C=O) groups excluding carboxylic acids is 1. The number of carbonyl (C=O) groups is 1. The van der Waals surface area contributed by atoms with Crippen LogP contribution in [0.5, 0.6) is 0 Å². The van der Waals surface area contributed by atoms with Crippen LogP contribution in [0.4, 0.5) is 5.69 Å². The number of nitrogens with zero attached hydrogens (tertiary/aromatic N) is 1. The Morgan fingerprint density at radius 1 is 1.50 bits per heavy atom. The fraction of sp³-hybridized carbons (Fsp3) is 0.462. The van der Waals surface area contributed by atoms with Gasteiger partial charge in [-0.15, -0.1) is 0 Å². The number of rotatable bonds is 2. The molecule has 86 valence electrons. The highest BCUT2D eigenvalue weighted by Gasteiger charge is 2.17.